The minimum atomic E-state index is -0.415. The van der Waals surface area contributed by atoms with Crippen LogP contribution < -0.4 is 5.32 Å². The van der Waals surface area contributed by atoms with Gasteiger partial charge in [-0.3, -0.25) is 0 Å². The second kappa shape index (κ2) is 4.92. The topological polar surface area (TPSA) is 37.8 Å². The summed E-state index contributed by atoms with van der Waals surface area (Å²) >= 11 is 7.94. The van der Waals surface area contributed by atoms with Gasteiger partial charge in [-0.2, -0.15) is 0 Å². The second-order valence-electron chi connectivity index (χ2n) is 2.94. The quantitative estimate of drug-likeness (QED) is 0.842. The highest BCUT2D eigenvalue weighted by Gasteiger charge is 2.09. The molecular weight excluding hydrogens is 343 g/mol. The molecule has 1 N–H and O–H groups in total. The molecule has 0 amide bonds. The molecule has 0 unspecified atom stereocenters. The molecule has 2 aromatic rings. The SMILES string of the molecule is Fc1cccc(Cl)c1Nc1ncncc1I. The van der Waals surface area contributed by atoms with E-state index >= 15 is 0 Å². The number of para-hydroxylation sites is 1. The molecule has 6 heteroatoms. The summed E-state index contributed by atoms with van der Waals surface area (Å²) in [6.07, 6.45) is 3.02. The van der Waals surface area contributed by atoms with Gasteiger partial charge in [0.2, 0.25) is 0 Å². The maximum absolute atomic E-state index is 13.5. The predicted molar refractivity (Wildman–Crippen MR) is 69.4 cm³/mol. The van der Waals surface area contributed by atoms with E-state index in [0.717, 1.165) is 3.57 Å². The Balaban J connectivity index is 2.38. The fourth-order valence-corrected chi connectivity index (χ4v) is 1.79. The summed E-state index contributed by atoms with van der Waals surface area (Å²) in [7, 11) is 0. The minimum Gasteiger partial charge on any atom is -0.336 e. The van der Waals surface area contributed by atoms with Crippen LogP contribution in [-0.2, 0) is 0 Å². The van der Waals surface area contributed by atoms with Crippen molar-refractivity contribution in [3.63, 3.8) is 0 Å². The van der Waals surface area contributed by atoms with Crippen LogP contribution in [0.3, 0.4) is 0 Å². The molecule has 16 heavy (non-hydrogen) atoms. The van der Waals surface area contributed by atoms with Gasteiger partial charge in [0.15, 0.2) is 0 Å². The van der Waals surface area contributed by atoms with E-state index in [-0.39, 0.29) is 5.69 Å². The van der Waals surface area contributed by atoms with Crippen molar-refractivity contribution in [1.29, 1.82) is 0 Å². The molecule has 0 aliphatic carbocycles. The van der Waals surface area contributed by atoms with Crippen molar-refractivity contribution in [3.8, 4) is 0 Å². The van der Waals surface area contributed by atoms with E-state index in [1.807, 2.05) is 0 Å². The van der Waals surface area contributed by atoms with Crippen LogP contribution in [-0.4, -0.2) is 9.97 Å². The highest BCUT2D eigenvalue weighted by Crippen LogP contribution is 2.28. The van der Waals surface area contributed by atoms with Gasteiger partial charge in [0.25, 0.3) is 0 Å². The van der Waals surface area contributed by atoms with Gasteiger partial charge in [0.1, 0.15) is 18.0 Å². The number of rotatable bonds is 2. The van der Waals surface area contributed by atoms with Crippen molar-refractivity contribution >= 4 is 45.7 Å². The Morgan fingerprint density at radius 1 is 1.38 bits per heavy atom. The molecule has 1 heterocycles. The summed E-state index contributed by atoms with van der Waals surface area (Å²) in [5.74, 6) is 0.115. The molecular formula is C10H6ClFIN3. The third-order valence-corrected chi connectivity index (χ3v) is 2.98. The van der Waals surface area contributed by atoms with Crippen molar-refractivity contribution in [2.75, 3.05) is 5.32 Å². The zero-order valence-electron chi connectivity index (χ0n) is 7.92. The lowest BCUT2D eigenvalue weighted by atomic mass is 10.3. The summed E-state index contributed by atoms with van der Waals surface area (Å²) in [5.41, 5.74) is 0.223. The number of aromatic nitrogens is 2. The van der Waals surface area contributed by atoms with Crippen LogP contribution in [0, 0.1) is 9.39 Å². The molecule has 0 saturated heterocycles. The molecule has 0 radical (unpaired) electrons. The van der Waals surface area contributed by atoms with Gasteiger partial charge in [-0.25, -0.2) is 14.4 Å². The van der Waals surface area contributed by atoms with Crippen LogP contribution >= 0.6 is 34.2 Å². The molecule has 82 valence electrons. The fraction of sp³-hybridized carbons (Fsp3) is 0. The number of anilines is 2. The number of nitrogens with zero attached hydrogens (tertiary/aromatic N) is 2. The number of hydrogen-bond acceptors (Lipinski definition) is 3. The lowest BCUT2D eigenvalue weighted by Crippen LogP contribution is -1.99. The molecule has 0 bridgehead atoms. The van der Waals surface area contributed by atoms with Crippen LogP contribution in [0.25, 0.3) is 0 Å². The maximum atomic E-state index is 13.5. The van der Waals surface area contributed by atoms with E-state index in [1.54, 1.807) is 18.3 Å². The maximum Gasteiger partial charge on any atom is 0.148 e. The van der Waals surface area contributed by atoms with Gasteiger partial charge in [-0.1, -0.05) is 17.7 Å². The molecule has 0 aliphatic rings. The first-order valence-corrected chi connectivity index (χ1v) is 5.80. The molecule has 1 aromatic heterocycles. The molecule has 0 atom stereocenters. The Hall–Kier alpha value is -0.950. The molecule has 0 fully saturated rings. The van der Waals surface area contributed by atoms with Crippen molar-refractivity contribution in [3.05, 3.63) is 45.1 Å². The summed E-state index contributed by atoms with van der Waals surface area (Å²) in [6, 6.07) is 4.50. The molecule has 1 aromatic carbocycles. The van der Waals surface area contributed by atoms with E-state index in [9.17, 15) is 4.39 Å². The zero-order chi connectivity index (χ0) is 11.5. The van der Waals surface area contributed by atoms with Crippen molar-refractivity contribution < 1.29 is 4.39 Å². The lowest BCUT2D eigenvalue weighted by molar-refractivity contribution is 0.632. The van der Waals surface area contributed by atoms with Gasteiger partial charge < -0.3 is 5.32 Å². The second-order valence-corrected chi connectivity index (χ2v) is 4.51. The number of benzene rings is 1. The first-order chi connectivity index (χ1) is 7.68. The average molecular weight is 350 g/mol. The summed E-state index contributed by atoms with van der Waals surface area (Å²) in [4.78, 5) is 7.85. The molecule has 2 rings (SSSR count). The minimum absolute atomic E-state index is 0.223. The fourth-order valence-electron chi connectivity index (χ4n) is 1.14. The van der Waals surface area contributed by atoms with Crippen LogP contribution in [0.15, 0.2) is 30.7 Å². The Labute approximate surface area is 110 Å². The van der Waals surface area contributed by atoms with Gasteiger partial charge in [0.05, 0.1) is 14.3 Å². The van der Waals surface area contributed by atoms with E-state index in [2.05, 4.69) is 37.9 Å². The first-order valence-electron chi connectivity index (χ1n) is 4.35. The summed E-state index contributed by atoms with van der Waals surface area (Å²) in [6.45, 7) is 0. The van der Waals surface area contributed by atoms with Crippen LogP contribution in [0.1, 0.15) is 0 Å². The highest BCUT2D eigenvalue weighted by molar-refractivity contribution is 14.1. The zero-order valence-corrected chi connectivity index (χ0v) is 10.8. The Kier molecular flexibility index (Phi) is 3.55. The number of hydrogen-bond donors (Lipinski definition) is 1. The molecule has 0 saturated carbocycles. The standard InChI is InChI=1S/C10H6ClFIN3/c11-6-2-1-3-7(12)9(6)16-10-8(13)4-14-5-15-10/h1-5H,(H,14,15,16). The largest absolute Gasteiger partial charge is 0.336 e. The lowest BCUT2D eigenvalue weighted by Gasteiger charge is -2.09. The first kappa shape index (κ1) is 11.5. The van der Waals surface area contributed by atoms with E-state index in [0.29, 0.717) is 10.8 Å². The van der Waals surface area contributed by atoms with Gasteiger partial charge in [-0.05, 0) is 34.7 Å². The molecule has 0 spiro atoms. The molecule has 0 aliphatic heterocycles. The smallest absolute Gasteiger partial charge is 0.148 e. The van der Waals surface area contributed by atoms with E-state index < -0.39 is 5.82 Å². The summed E-state index contributed by atoms with van der Waals surface area (Å²) < 4.78 is 14.3. The van der Waals surface area contributed by atoms with Gasteiger partial charge in [-0.15, -0.1) is 0 Å². The Bertz CT molecular complexity index is 501. The van der Waals surface area contributed by atoms with Crippen molar-refractivity contribution in [2.45, 2.75) is 0 Å². The van der Waals surface area contributed by atoms with Crippen LogP contribution in [0.2, 0.25) is 5.02 Å². The van der Waals surface area contributed by atoms with Gasteiger partial charge >= 0.3 is 0 Å². The van der Waals surface area contributed by atoms with Crippen molar-refractivity contribution in [1.82, 2.24) is 9.97 Å². The monoisotopic (exact) mass is 349 g/mol. The van der Waals surface area contributed by atoms with Gasteiger partial charge in [0, 0.05) is 6.20 Å². The van der Waals surface area contributed by atoms with E-state index in [1.165, 1.54) is 12.4 Å². The van der Waals surface area contributed by atoms with E-state index in [4.69, 9.17) is 11.6 Å². The number of nitrogens with one attached hydrogen (secondary N) is 1. The highest BCUT2D eigenvalue weighted by atomic mass is 127. The third kappa shape index (κ3) is 2.41. The Morgan fingerprint density at radius 2 is 2.19 bits per heavy atom. The number of halogens is 3. The Morgan fingerprint density at radius 3 is 2.88 bits per heavy atom. The normalized spacial score (nSPS) is 10.2. The summed E-state index contributed by atoms with van der Waals surface area (Å²) in [5, 5.41) is 3.16. The van der Waals surface area contributed by atoms with Crippen LogP contribution in [0.5, 0.6) is 0 Å². The predicted octanol–water partition coefficient (Wildman–Crippen LogP) is 3.62. The average Bonchev–Trinajstić information content (AvgIpc) is 2.26. The van der Waals surface area contributed by atoms with Crippen LogP contribution in [0.4, 0.5) is 15.9 Å². The molecule has 3 nitrogen and oxygen atoms in total. The third-order valence-electron chi connectivity index (χ3n) is 1.87. The van der Waals surface area contributed by atoms with Crippen molar-refractivity contribution in [2.24, 2.45) is 0 Å².